The molecule has 0 radical (unpaired) electrons. The van der Waals surface area contributed by atoms with Crippen LogP contribution in [0.4, 0.5) is 11.4 Å². The molecule has 4 rings (SSSR count). The fourth-order valence-electron chi connectivity index (χ4n) is 4.70. The first kappa shape index (κ1) is 33.1. The van der Waals surface area contributed by atoms with Crippen molar-refractivity contribution in [1.82, 2.24) is 9.80 Å². The number of benzene rings is 4. The largest absolute Gasteiger partial charge is 0.481 e. The molecule has 0 aliphatic heterocycles. The van der Waals surface area contributed by atoms with E-state index in [1.54, 1.807) is 23.6 Å². The minimum Gasteiger partial charge on any atom is -0.481 e. The summed E-state index contributed by atoms with van der Waals surface area (Å²) in [5.41, 5.74) is 1.59. The summed E-state index contributed by atoms with van der Waals surface area (Å²) >= 11 is 0. The van der Waals surface area contributed by atoms with Crippen LogP contribution in [0, 0.1) is 20.2 Å². The van der Waals surface area contributed by atoms with E-state index in [1.807, 2.05) is 60.7 Å². The van der Waals surface area contributed by atoms with Crippen LogP contribution >= 0.6 is 0 Å². The number of hydrogen-bond donors (Lipinski definition) is 0. The Morgan fingerprint density at radius 1 is 0.587 bits per heavy atom. The Hall–Kier alpha value is -5.78. The maximum absolute atomic E-state index is 13.7. The van der Waals surface area contributed by atoms with E-state index in [1.165, 1.54) is 48.5 Å². The minimum absolute atomic E-state index is 0.0907. The van der Waals surface area contributed by atoms with Gasteiger partial charge in [-0.15, -0.1) is 0 Å². The van der Waals surface area contributed by atoms with E-state index in [2.05, 4.69) is 0 Å². The molecule has 0 spiro atoms. The summed E-state index contributed by atoms with van der Waals surface area (Å²) in [7, 11) is 0. The van der Waals surface area contributed by atoms with Crippen LogP contribution in [0.3, 0.4) is 0 Å². The molecular weight excluding hydrogens is 592 g/mol. The van der Waals surface area contributed by atoms with Gasteiger partial charge in [0, 0.05) is 50.4 Å². The number of non-ortho nitro benzene ring substituents is 2. The number of nitro groups is 2. The molecule has 0 saturated heterocycles. The first-order valence-electron chi connectivity index (χ1n) is 14.6. The third kappa shape index (κ3) is 9.36. The number of nitro benzene ring substituents is 2. The van der Waals surface area contributed by atoms with E-state index in [0.717, 1.165) is 11.1 Å². The number of carbonyl (C=O) groups is 2. The molecule has 0 saturated carbocycles. The van der Waals surface area contributed by atoms with Crippen molar-refractivity contribution >= 4 is 23.2 Å². The number of ether oxygens (including phenoxy) is 2. The van der Waals surface area contributed by atoms with Gasteiger partial charge in [0.1, 0.15) is 11.5 Å². The van der Waals surface area contributed by atoms with Crippen molar-refractivity contribution < 1.29 is 28.9 Å². The normalized spacial score (nSPS) is 12.0. The zero-order valence-corrected chi connectivity index (χ0v) is 25.4. The van der Waals surface area contributed by atoms with Crippen molar-refractivity contribution in [3.8, 4) is 11.5 Å². The molecule has 0 aliphatic rings. The van der Waals surface area contributed by atoms with Gasteiger partial charge in [-0.2, -0.15) is 0 Å². The molecule has 4 aromatic carbocycles. The fraction of sp³-hybridized carbons (Fsp3) is 0.235. The summed E-state index contributed by atoms with van der Waals surface area (Å²) in [5.74, 6) is -0.0394. The summed E-state index contributed by atoms with van der Waals surface area (Å²) in [6, 6.07) is 29.8. The van der Waals surface area contributed by atoms with Crippen LogP contribution in [0.2, 0.25) is 0 Å². The SMILES string of the molecule is CC(Oc1ccc([N+](=O)[O-])cc1)C(=O)N(CCN(Cc1ccccc1)C(=O)C(C)Oc1ccc([N+](=O)[O-])cc1)Cc1ccccc1. The lowest BCUT2D eigenvalue weighted by atomic mass is 10.1. The Kier molecular flexibility index (Phi) is 11.4. The molecule has 0 aromatic heterocycles. The second-order valence-corrected chi connectivity index (χ2v) is 10.5. The molecule has 0 aliphatic carbocycles. The van der Waals surface area contributed by atoms with E-state index >= 15 is 0 Å². The van der Waals surface area contributed by atoms with Gasteiger partial charge in [0.2, 0.25) is 0 Å². The second kappa shape index (κ2) is 15.8. The van der Waals surface area contributed by atoms with Gasteiger partial charge in [-0.05, 0) is 49.2 Å². The molecular formula is C34H34N4O8. The number of amides is 2. The third-order valence-electron chi connectivity index (χ3n) is 7.11. The maximum atomic E-state index is 13.7. The highest BCUT2D eigenvalue weighted by Crippen LogP contribution is 2.21. The van der Waals surface area contributed by atoms with Crippen LogP contribution < -0.4 is 9.47 Å². The summed E-state index contributed by atoms with van der Waals surface area (Å²) in [6.07, 6.45) is -1.85. The standard InChI is InChI=1S/C34H34N4O8/c1-25(45-31-17-13-29(14-18-31)37(41)42)33(39)35(23-27-9-5-3-6-10-27)21-22-36(24-28-11-7-4-8-12-28)34(40)26(2)46-32-19-15-30(16-20-32)38(43)44/h3-20,25-26H,21-24H2,1-2H3. The van der Waals surface area contributed by atoms with Crippen molar-refractivity contribution in [2.24, 2.45) is 0 Å². The molecule has 2 unspecified atom stereocenters. The van der Waals surface area contributed by atoms with Gasteiger partial charge >= 0.3 is 0 Å². The molecule has 0 bridgehead atoms. The molecule has 0 fully saturated rings. The first-order chi connectivity index (χ1) is 22.1. The lowest BCUT2D eigenvalue weighted by Crippen LogP contribution is -2.47. The van der Waals surface area contributed by atoms with E-state index < -0.39 is 22.1 Å². The predicted octanol–water partition coefficient (Wildman–Crippen LogP) is 5.80. The highest BCUT2D eigenvalue weighted by molar-refractivity contribution is 5.82. The Labute approximate surface area is 266 Å². The van der Waals surface area contributed by atoms with E-state index in [4.69, 9.17) is 9.47 Å². The Morgan fingerprint density at radius 2 is 0.913 bits per heavy atom. The van der Waals surface area contributed by atoms with Gasteiger partial charge in [-0.1, -0.05) is 60.7 Å². The van der Waals surface area contributed by atoms with Gasteiger partial charge in [-0.25, -0.2) is 0 Å². The van der Waals surface area contributed by atoms with E-state index in [0.29, 0.717) is 11.5 Å². The third-order valence-corrected chi connectivity index (χ3v) is 7.11. The van der Waals surface area contributed by atoms with Crippen molar-refractivity contribution in [3.63, 3.8) is 0 Å². The van der Waals surface area contributed by atoms with Crippen molar-refractivity contribution in [3.05, 3.63) is 141 Å². The lowest BCUT2D eigenvalue weighted by Gasteiger charge is -2.31. The molecule has 0 heterocycles. The van der Waals surface area contributed by atoms with Crippen molar-refractivity contribution in [1.29, 1.82) is 0 Å². The van der Waals surface area contributed by atoms with Gasteiger partial charge in [0.05, 0.1) is 9.85 Å². The van der Waals surface area contributed by atoms with E-state index in [9.17, 15) is 29.8 Å². The average molecular weight is 627 g/mol. The summed E-state index contributed by atoms with van der Waals surface area (Å²) in [5, 5.41) is 22.0. The molecule has 4 aromatic rings. The highest BCUT2D eigenvalue weighted by Gasteiger charge is 2.27. The molecule has 2 atom stereocenters. The fourth-order valence-corrected chi connectivity index (χ4v) is 4.70. The Bertz CT molecular complexity index is 1490. The quantitative estimate of drug-likeness (QED) is 0.119. The van der Waals surface area contributed by atoms with Crippen LogP contribution in [0.1, 0.15) is 25.0 Å². The zero-order valence-electron chi connectivity index (χ0n) is 25.4. The summed E-state index contributed by atoms with van der Waals surface area (Å²) in [6.45, 7) is 4.07. The van der Waals surface area contributed by atoms with E-state index in [-0.39, 0.29) is 49.4 Å². The monoisotopic (exact) mass is 626 g/mol. The highest BCUT2D eigenvalue weighted by atomic mass is 16.6. The average Bonchev–Trinajstić information content (AvgIpc) is 3.06. The van der Waals surface area contributed by atoms with Crippen molar-refractivity contribution in [2.75, 3.05) is 13.1 Å². The molecule has 0 N–H and O–H groups in total. The number of carbonyl (C=O) groups excluding carboxylic acids is 2. The number of nitrogens with zero attached hydrogens (tertiary/aromatic N) is 4. The number of rotatable bonds is 15. The Balaban J connectivity index is 1.51. The molecule has 238 valence electrons. The van der Waals surface area contributed by atoms with Crippen LogP contribution in [0.15, 0.2) is 109 Å². The molecule has 46 heavy (non-hydrogen) atoms. The molecule has 12 nitrogen and oxygen atoms in total. The van der Waals surface area contributed by atoms with Crippen LogP contribution in [0.25, 0.3) is 0 Å². The van der Waals surface area contributed by atoms with Crippen LogP contribution in [0.5, 0.6) is 11.5 Å². The minimum atomic E-state index is -0.923. The summed E-state index contributed by atoms with van der Waals surface area (Å²) in [4.78, 5) is 51.7. The number of hydrogen-bond acceptors (Lipinski definition) is 8. The van der Waals surface area contributed by atoms with Gasteiger partial charge in [-0.3, -0.25) is 29.8 Å². The smallest absolute Gasteiger partial charge is 0.269 e. The topological polar surface area (TPSA) is 145 Å². The van der Waals surface area contributed by atoms with Crippen molar-refractivity contribution in [2.45, 2.75) is 39.1 Å². The molecule has 2 amide bonds. The predicted molar refractivity (Wildman–Crippen MR) is 170 cm³/mol. The lowest BCUT2D eigenvalue weighted by molar-refractivity contribution is -0.385. The molecule has 12 heteroatoms. The van der Waals surface area contributed by atoms with Gasteiger partial charge in [0.15, 0.2) is 12.2 Å². The van der Waals surface area contributed by atoms with Gasteiger partial charge in [0.25, 0.3) is 23.2 Å². The second-order valence-electron chi connectivity index (χ2n) is 10.5. The van der Waals surface area contributed by atoms with Gasteiger partial charge < -0.3 is 19.3 Å². The maximum Gasteiger partial charge on any atom is 0.269 e. The zero-order chi connectivity index (χ0) is 33.1. The van der Waals surface area contributed by atoms with Crippen LogP contribution in [-0.2, 0) is 22.7 Å². The van der Waals surface area contributed by atoms with Crippen LogP contribution in [-0.4, -0.2) is 56.8 Å². The first-order valence-corrected chi connectivity index (χ1v) is 14.6. The summed E-state index contributed by atoms with van der Waals surface area (Å²) < 4.78 is 11.7. The Morgan fingerprint density at radius 3 is 1.22 bits per heavy atom.